The van der Waals surface area contributed by atoms with E-state index in [0.29, 0.717) is 5.92 Å². The Balaban J connectivity index is 1.79. The number of nitro benzene ring substituents is 1. The van der Waals surface area contributed by atoms with Crippen molar-refractivity contribution in [1.82, 2.24) is 14.2 Å². The maximum atomic E-state index is 10.7. The van der Waals surface area contributed by atoms with Gasteiger partial charge in [-0.25, -0.2) is 4.98 Å². The normalized spacial score (nSPS) is 14.6. The fourth-order valence-corrected chi connectivity index (χ4v) is 2.54. The second kappa shape index (κ2) is 4.65. The zero-order chi connectivity index (χ0) is 13.4. The number of hydrogen-bond acceptors (Lipinski definition) is 5. The molecule has 1 heterocycles. The van der Waals surface area contributed by atoms with Crippen LogP contribution in [0.25, 0.3) is 0 Å². The summed E-state index contributed by atoms with van der Waals surface area (Å²) >= 11 is 1.42. The highest BCUT2D eigenvalue weighted by molar-refractivity contribution is 7.97. The van der Waals surface area contributed by atoms with Gasteiger partial charge in [-0.1, -0.05) is 0 Å². The summed E-state index contributed by atoms with van der Waals surface area (Å²) in [5, 5.41) is 15.1. The maximum Gasteiger partial charge on any atom is 0.269 e. The molecule has 98 valence electrons. The third kappa shape index (κ3) is 2.60. The molecule has 1 aliphatic carbocycles. The van der Waals surface area contributed by atoms with Crippen LogP contribution in [0.2, 0.25) is 0 Å². The summed E-state index contributed by atoms with van der Waals surface area (Å²) in [6.45, 7) is 1.86. The van der Waals surface area contributed by atoms with Crippen molar-refractivity contribution in [1.29, 1.82) is 0 Å². The fraction of sp³-hybridized carbons (Fsp3) is 0.333. The average molecular weight is 276 g/mol. The van der Waals surface area contributed by atoms with Crippen LogP contribution in [0.4, 0.5) is 5.69 Å². The van der Waals surface area contributed by atoms with Crippen LogP contribution in [0.1, 0.15) is 30.1 Å². The molecular weight excluding hydrogens is 264 g/mol. The lowest BCUT2D eigenvalue weighted by molar-refractivity contribution is -0.385. The van der Waals surface area contributed by atoms with Crippen molar-refractivity contribution in [2.45, 2.75) is 30.6 Å². The number of aromatic nitrogens is 3. The van der Waals surface area contributed by atoms with Crippen LogP contribution >= 0.6 is 11.9 Å². The summed E-state index contributed by atoms with van der Waals surface area (Å²) in [5.41, 5.74) is 0.974. The van der Waals surface area contributed by atoms with Crippen LogP contribution in [0.5, 0.6) is 0 Å². The molecule has 0 unspecified atom stereocenters. The predicted octanol–water partition coefficient (Wildman–Crippen LogP) is 2.93. The Morgan fingerprint density at radius 1 is 1.47 bits per heavy atom. The number of benzene rings is 1. The first-order valence-corrected chi connectivity index (χ1v) is 6.76. The van der Waals surface area contributed by atoms with E-state index in [9.17, 15) is 10.1 Å². The highest BCUT2D eigenvalue weighted by atomic mass is 32.2. The van der Waals surface area contributed by atoms with Crippen molar-refractivity contribution in [2.24, 2.45) is 0 Å². The van der Waals surface area contributed by atoms with Crippen molar-refractivity contribution in [3.63, 3.8) is 0 Å². The lowest BCUT2D eigenvalue weighted by atomic mass is 10.2. The second-order valence-electron chi connectivity index (χ2n) is 4.58. The molecule has 1 fully saturated rings. The van der Waals surface area contributed by atoms with Gasteiger partial charge in [-0.3, -0.25) is 10.1 Å². The Morgan fingerprint density at radius 3 is 2.89 bits per heavy atom. The summed E-state index contributed by atoms with van der Waals surface area (Å²) in [6, 6.07) is 4.83. The molecule has 3 rings (SSSR count). The van der Waals surface area contributed by atoms with E-state index in [2.05, 4.69) is 10.1 Å². The Hall–Kier alpha value is -1.89. The Kier molecular flexibility index (Phi) is 2.98. The first kappa shape index (κ1) is 12.2. The molecule has 1 aliphatic rings. The van der Waals surface area contributed by atoms with Gasteiger partial charge in [-0.15, -0.1) is 5.10 Å². The minimum absolute atomic E-state index is 0.110. The van der Waals surface area contributed by atoms with Gasteiger partial charge >= 0.3 is 0 Å². The van der Waals surface area contributed by atoms with Gasteiger partial charge in [0.25, 0.3) is 5.69 Å². The van der Waals surface area contributed by atoms with E-state index < -0.39 is 0 Å². The average Bonchev–Trinajstić information content (AvgIpc) is 3.12. The van der Waals surface area contributed by atoms with Crippen molar-refractivity contribution >= 4 is 17.6 Å². The van der Waals surface area contributed by atoms with Crippen molar-refractivity contribution in [2.75, 3.05) is 0 Å². The van der Waals surface area contributed by atoms with E-state index in [1.165, 1.54) is 30.9 Å². The van der Waals surface area contributed by atoms with Gasteiger partial charge in [0.1, 0.15) is 6.33 Å². The van der Waals surface area contributed by atoms with Crippen LogP contribution in [-0.2, 0) is 0 Å². The summed E-state index contributed by atoms with van der Waals surface area (Å²) in [4.78, 5) is 15.5. The van der Waals surface area contributed by atoms with Gasteiger partial charge in [0.05, 0.1) is 4.92 Å². The molecule has 0 radical (unpaired) electrons. The number of nitrogens with zero attached hydrogens (tertiary/aromatic N) is 4. The molecule has 0 atom stereocenters. The highest BCUT2D eigenvalue weighted by Gasteiger charge is 2.27. The lowest BCUT2D eigenvalue weighted by Gasteiger charge is -2.03. The molecule has 7 heteroatoms. The van der Waals surface area contributed by atoms with E-state index in [1.807, 2.05) is 6.92 Å². The van der Waals surface area contributed by atoms with E-state index in [1.54, 1.807) is 22.5 Å². The number of aryl methyl sites for hydroxylation is 1. The number of rotatable bonds is 4. The van der Waals surface area contributed by atoms with Gasteiger partial charge < -0.3 is 0 Å². The molecule has 0 N–H and O–H groups in total. The van der Waals surface area contributed by atoms with Crippen molar-refractivity contribution in [3.05, 3.63) is 46.0 Å². The van der Waals surface area contributed by atoms with Crippen LogP contribution < -0.4 is 0 Å². The van der Waals surface area contributed by atoms with Crippen molar-refractivity contribution < 1.29 is 4.92 Å². The molecule has 1 aromatic heterocycles. The number of hydrogen-bond donors (Lipinski definition) is 0. The van der Waals surface area contributed by atoms with Crippen LogP contribution in [0, 0.1) is 17.0 Å². The smallest absolute Gasteiger partial charge is 0.258 e. The van der Waals surface area contributed by atoms with E-state index in [0.717, 1.165) is 16.3 Å². The molecule has 1 aromatic carbocycles. The number of nitro groups is 1. The lowest BCUT2D eigenvalue weighted by Crippen LogP contribution is -1.93. The molecule has 0 bridgehead atoms. The first-order chi connectivity index (χ1) is 9.13. The molecule has 1 saturated carbocycles. The molecule has 2 aromatic rings. The minimum atomic E-state index is -0.387. The monoisotopic (exact) mass is 276 g/mol. The molecule has 19 heavy (non-hydrogen) atoms. The molecule has 0 amide bonds. The molecule has 6 nitrogen and oxygen atoms in total. The largest absolute Gasteiger partial charge is 0.269 e. The van der Waals surface area contributed by atoms with Gasteiger partial charge in [0, 0.05) is 34.9 Å². The first-order valence-electron chi connectivity index (χ1n) is 5.98. The highest BCUT2D eigenvalue weighted by Crippen LogP contribution is 2.38. The van der Waals surface area contributed by atoms with E-state index >= 15 is 0 Å². The summed E-state index contributed by atoms with van der Waals surface area (Å²) in [5.74, 6) is 1.42. The Bertz CT molecular complexity index is 636. The molecule has 0 saturated heterocycles. The Labute approximate surface area is 114 Å². The van der Waals surface area contributed by atoms with Gasteiger partial charge in [-0.05, 0) is 31.4 Å². The number of non-ortho nitro benzene ring substituents is 1. The summed E-state index contributed by atoms with van der Waals surface area (Å²) in [6.07, 6.45) is 4.04. The van der Waals surface area contributed by atoms with E-state index in [-0.39, 0.29) is 10.6 Å². The minimum Gasteiger partial charge on any atom is -0.258 e. The van der Waals surface area contributed by atoms with Crippen molar-refractivity contribution in [3.8, 4) is 0 Å². The zero-order valence-electron chi connectivity index (χ0n) is 10.3. The van der Waals surface area contributed by atoms with Crippen LogP contribution in [0.3, 0.4) is 0 Å². The van der Waals surface area contributed by atoms with Crippen LogP contribution in [-0.4, -0.2) is 19.1 Å². The molecule has 0 aliphatic heterocycles. The molecular formula is C12H12N4O2S. The van der Waals surface area contributed by atoms with Gasteiger partial charge in [0.2, 0.25) is 0 Å². The summed E-state index contributed by atoms with van der Waals surface area (Å²) < 4.78 is 1.71. The third-order valence-electron chi connectivity index (χ3n) is 2.99. The van der Waals surface area contributed by atoms with Gasteiger partial charge in [0.15, 0.2) is 5.82 Å². The second-order valence-corrected chi connectivity index (χ2v) is 5.57. The standard InChI is InChI=1S/C12H12N4O2S/c1-8-6-10(16(17)18)4-5-11(8)19-15-7-13-12(14-15)9-2-3-9/h4-7,9H,2-3H2,1H3. The predicted molar refractivity (Wildman–Crippen MR) is 71.1 cm³/mol. The SMILES string of the molecule is Cc1cc([N+](=O)[O-])ccc1Sn1cnc(C2CC2)n1. The fourth-order valence-electron chi connectivity index (χ4n) is 1.78. The van der Waals surface area contributed by atoms with Gasteiger partial charge in [-0.2, -0.15) is 4.09 Å². The summed E-state index contributed by atoms with van der Waals surface area (Å²) in [7, 11) is 0. The maximum absolute atomic E-state index is 10.7. The quantitative estimate of drug-likeness (QED) is 0.634. The third-order valence-corrected chi connectivity index (χ3v) is 4.01. The zero-order valence-corrected chi connectivity index (χ0v) is 11.1. The topological polar surface area (TPSA) is 73.8 Å². The van der Waals surface area contributed by atoms with Crippen LogP contribution in [0.15, 0.2) is 29.4 Å². The van der Waals surface area contributed by atoms with E-state index in [4.69, 9.17) is 0 Å². The molecule has 0 spiro atoms. The Morgan fingerprint density at radius 2 is 2.26 bits per heavy atom.